The van der Waals surface area contributed by atoms with Gasteiger partial charge in [-0.05, 0) is 43.7 Å². The Labute approximate surface area is 97.7 Å². The van der Waals surface area contributed by atoms with Crippen molar-refractivity contribution in [2.45, 2.75) is 31.7 Å². The summed E-state index contributed by atoms with van der Waals surface area (Å²) in [6.07, 6.45) is 4.54. The maximum Gasteiger partial charge on any atom is 0.0445 e. The highest BCUT2D eigenvalue weighted by atomic mass is 16.3. The van der Waals surface area contributed by atoms with Crippen molar-refractivity contribution in [2.24, 2.45) is 5.92 Å². The number of benzene rings is 1. The summed E-state index contributed by atoms with van der Waals surface area (Å²) in [5.41, 5.74) is 1.44. The third-order valence-corrected chi connectivity index (χ3v) is 3.45. The maximum absolute atomic E-state index is 8.95. The van der Waals surface area contributed by atoms with Gasteiger partial charge in [0.25, 0.3) is 0 Å². The average Bonchev–Trinajstić information content (AvgIpc) is 2.31. The minimum absolute atomic E-state index is 0.301. The molecule has 2 atom stereocenters. The van der Waals surface area contributed by atoms with Crippen molar-refractivity contribution in [3.8, 4) is 0 Å². The van der Waals surface area contributed by atoms with Crippen molar-refractivity contribution < 1.29 is 5.11 Å². The highest BCUT2D eigenvalue weighted by Crippen LogP contribution is 2.22. The summed E-state index contributed by atoms with van der Waals surface area (Å²) >= 11 is 0. The minimum Gasteiger partial charge on any atom is -0.396 e. The van der Waals surface area contributed by atoms with Crippen molar-refractivity contribution in [1.82, 2.24) is 5.32 Å². The third kappa shape index (κ3) is 3.32. The fraction of sp³-hybridized carbons (Fsp3) is 0.571. The van der Waals surface area contributed by atoms with E-state index in [1.165, 1.54) is 24.8 Å². The van der Waals surface area contributed by atoms with Gasteiger partial charge in [0, 0.05) is 12.6 Å². The first-order valence-corrected chi connectivity index (χ1v) is 6.26. The number of aliphatic hydroxyl groups excluding tert-OH is 1. The highest BCUT2D eigenvalue weighted by molar-refractivity contribution is 5.15. The summed E-state index contributed by atoms with van der Waals surface area (Å²) in [7, 11) is 0. The van der Waals surface area contributed by atoms with E-state index in [0.29, 0.717) is 12.6 Å². The molecule has 1 aromatic carbocycles. The van der Waals surface area contributed by atoms with Crippen LogP contribution in [0, 0.1) is 5.92 Å². The molecule has 16 heavy (non-hydrogen) atoms. The molecule has 1 fully saturated rings. The van der Waals surface area contributed by atoms with Crippen LogP contribution in [0.2, 0.25) is 0 Å². The Morgan fingerprint density at radius 1 is 1.25 bits per heavy atom. The van der Waals surface area contributed by atoms with Gasteiger partial charge in [-0.3, -0.25) is 0 Å². The molecule has 0 bridgehead atoms. The zero-order chi connectivity index (χ0) is 11.2. The van der Waals surface area contributed by atoms with Crippen molar-refractivity contribution in [1.29, 1.82) is 0 Å². The molecule has 0 amide bonds. The van der Waals surface area contributed by atoms with Crippen LogP contribution in [-0.2, 0) is 6.42 Å². The van der Waals surface area contributed by atoms with E-state index in [4.69, 9.17) is 5.11 Å². The molecule has 2 rings (SSSR count). The molecule has 1 heterocycles. The summed E-state index contributed by atoms with van der Waals surface area (Å²) in [6, 6.07) is 11.2. The van der Waals surface area contributed by atoms with Crippen LogP contribution in [0.1, 0.15) is 24.8 Å². The second-order valence-corrected chi connectivity index (χ2v) is 4.74. The van der Waals surface area contributed by atoms with Crippen LogP contribution in [-0.4, -0.2) is 24.3 Å². The van der Waals surface area contributed by atoms with Crippen LogP contribution >= 0.6 is 0 Å². The van der Waals surface area contributed by atoms with Crippen LogP contribution in [0.15, 0.2) is 30.3 Å². The first kappa shape index (κ1) is 11.6. The highest BCUT2D eigenvalue weighted by Gasteiger charge is 2.20. The topological polar surface area (TPSA) is 32.3 Å². The van der Waals surface area contributed by atoms with E-state index in [9.17, 15) is 0 Å². The molecule has 88 valence electrons. The lowest BCUT2D eigenvalue weighted by Crippen LogP contribution is -2.39. The molecule has 0 saturated carbocycles. The van der Waals surface area contributed by atoms with Crippen molar-refractivity contribution in [3.05, 3.63) is 35.9 Å². The standard InChI is InChI=1S/C14H21NO/c16-9-7-14-11-13(6-8-15-14)10-12-4-2-1-3-5-12/h1-5,13-16H,6-11H2/t13?,14-/m1/s1. The summed E-state index contributed by atoms with van der Waals surface area (Å²) in [5.74, 6) is 0.778. The first-order valence-electron chi connectivity index (χ1n) is 6.26. The van der Waals surface area contributed by atoms with Gasteiger partial charge in [-0.15, -0.1) is 0 Å². The molecular formula is C14H21NO. The summed E-state index contributed by atoms with van der Waals surface area (Å²) < 4.78 is 0. The number of aliphatic hydroxyl groups is 1. The van der Waals surface area contributed by atoms with Crippen LogP contribution in [0.25, 0.3) is 0 Å². The SMILES string of the molecule is OCC[C@@H]1CC(Cc2ccccc2)CCN1. The van der Waals surface area contributed by atoms with Crippen molar-refractivity contribution >= 4 is 0 Å². The first-order chi connectivity index (χ1) is 7.88. The molecule has 2 nitrogen and oxygen atoms in total. The van der Waals surface area contributed by atoms with E-state index in [-0.39, 0.29) is 0 Å². The second-order valence-electron chi connectivity index (χ2n) is 4.74. The molecule has 2 heteroatoms. The summed E-state index contributed by atoms with van der Waals surface area (Å²) in [4.78, 5) is 0. The molecule has 2 N–H and O–H groups in total. The van der Waals surface area contributed by atoms with E-state index < -0.39 is 0 Å². The lowest BCUT2D eigenvalue weighted by atomic mass is 9.86. The lowest BCUT2D eigenvalue weighted by molar-refractivity contribution is 0.225. The van der Waals surface area contributed by atoms with Gasteiger partial charge in [0.15, 0.2) is 0 Å². The van der Waals surface area contributed by atoms with Gasteiger partial charge in [0.1, 0.15) is 0 Å². The number of rotatable bonds is 4. The van der Waals surface area contributed by atoms with Crippen LogP contribution in [0.3, 0.4) is 0 Å². The van der Waals surface area contributed by atoms with Crippen LogP contribution in [0.5, 0.6) is 0 Å². The van der Waals surface area contributed by atoms with E-state index in [1.54, 1.807) is 0 Å². The molecule has 1 aliphatic heterocycles. The van der Waals surface area contributed by atoms with E-state index in [0.717, 1.165) is 18.9 Å². The molecule has 1 aromatic rings. The van der Waals surface area contributed by atoms with E-state index in [2.05, 4.69) is 35.6 Å². The molecule has 1 unspecified atom stereocenters. The number of piperidine rings is 1. The molecule has 0 aliphatic carbocycles. The molecule has 0 radical (unpaired) electrons. The normalized spacial score (nSPS) is 25.6. The summed E-state index contributed by atoms with van der Waals surface area (Å²) in [5, 5.41) is 12.4. The maximum atomic E-state index is 8.95. The molecule has 0 aromatic heterocycles. The van der Waals surface area contributed by atoms with Crippen LogP contribution < -0.4 is 5.32 Å². The Morgan fingerprint density at radius 3 is 2.81 bits per heavy atom. The van der Waals surface area contributed by atoms with Crippen molar-refractivity contribution in [3.63, 3.8) is 0 Å². The third-order valence-electron chi connectivity index (χ3n) is 3.45. The van der Waals surface area contributed by atoms with Gasteiger partial charge in [-0.25, -0.2) is 0 Å². The van der Waals surface area contributed by atoms with E-state index >= 15 is 0 Å². The Kier molecular flexibility index (Phi) is 4.37. The van der Waals surface area contributed by atoms with Crippen molar-refractivity contribution in [2.75, 3.05) is 13.2 Å². The van der Waals surface area contributed by atoms with Gasteiger partial charge in [0.2, 0.25) is 0 Å². The Bertz CT molecular complexity index is 297. The largest absolute Gasteiger partial charge is 0.396 e. The molecule has 1 saturated heterocycles. The second kappa shape index (κ2) is 6.02. The van der Waals surface area contributed by atoms with Gasteiger partial charge in [-0.2, -0.15) is 0 Å². The zero-order valence-electron chi connectivity index (χ0n) is 9.73. The number of hydrogen-bond donors (Lipinski definition) is 2. The minimum atomic E-state index is 0.301. The Balaban J connectivity index is 1.85. The average molecular weight is 219 g/mol. The number of nitrogens with one attached hydrogen (secondary N) is 1. The quantitative estimate of drug-likeness (QED) is 0.811. The zero-order valence-corrected chi connectivity index (χ0v) is 9.73. The number of hydrogen-bond acceptors (Lipinski definition) is 2. The Morgan fingerprint density at radius 2 is 2.06 bits per heavy atom. The predicted molar refractivity (Wildman–Crippen MR) is 66.4 cm³/mol. The monoisotopic (exact) mass is 219 g/mol. The van der Waals surface area contributed by atoms with Gasteiger partial charge in [-0.1, -0.05) is 30.3 Å². The predicted octanol–water partition coefficient (Wildman–Crippen LogP) is 1.98. The van der Waals surface area contributed by atoms with Gasteiger partial charge in [0.05, 0.1) is 0 Å². The molecule has 1 aliphatic rings. The molecule has 0 spiro atoms. The van der Waals surface area contributed by atoms with E-state index in [1.807, 2.05) is 0 Å². The Hall–Kier alpha value is -0.860. The van der Waals surface area contributed by atoms with Gasteiger partial charge >= 0.3 is 0 Å². The summed E-state index contributed by atoms with van der Waals surface area (Å²) in [6.45, 7) is 1.40. The smallest absolute Gasteiger partial charge is 0.0445 e. The van der Waals surface area contributed by atoms with Gasteiger partial charge < -0.3 is 10.4 Å². The fourth-order valence-electron chi connectivity index (χ4n) is 2.60. The van der Waals surface area contributed by atoms with Crippen LogP contribution in [0.4, 0.5) is 0 Å². The molecular weight excluding hydrogens is 198 g/mol. The lowest BCUT2D eigenvalue weighted by Gasteiger charge is -2.30. The fourth-order valence-corrected chi connectivity index (χ4v) is 2.60.